The Morgan fingerprint density at radius 3 is 1.51 bits per heavy atom. The SMILES string of the molecule is COc1cc(C2C(C(=O)OC3CC4C(C)CN(C)CC4C3C)C(CCC(C)=CC(=O)OC3CC4C(C)CN(C)CC4C3C)C2C(=O)OC2CC3C(C)CN(C)CC3C2C)ccc1O. The van der Waals surface area contributed by atoms with Gasteiger partial charge in [-0.2, -0.15) is 0 Å². The Morgan fingerprint density at radius 1 is 0.651 bits per heavy atom. The molecule has 17 unspecified atom stereocenters. The van der Waals surface area contributed by atoms with Crippen LogP contribution in [-0.2, 0) is 28.6 Å². The van der Waals surface area contributed by atoms with E-state index in [1.54, 1.807) is 18.2 Å². The minimum absolute atomic E-state index is 0.00131. The molecular formula is C52H79N3O8. The second-order valence-corrected chi connectivity index (χ2v) is 22.5. The lowest BCUT2D eigenvalue weighted by atomic mass is 9.53. The molecule has 8 rings (SSSR count). The fourth-order valence-corrected chi connectivity index (χ4v) is 14.9. The quantitative estimate of drug-likeness (QED) is 0.137. The van der Waals surface area contributed by atoms with Crippen molar-refractivity contribution in [3.63, 3.8) is 0 Å². The van der Waals surface area contributed by atoms with Crippen LogP contribution < -0.4 is 4.74 Å². The minimum Gasteiger partial charge on any atom is -0.504 e. The highest BCUT2D eigenvalue weighted by molar-refractivity contribution is 5.84. The molecule has 11 nitrogen and oxygen atoms in total. The van der Waals surface area contributed by atoms with Crippen molar-refractivity contribution in [1.29, 1.82) is 0 Å². The molecule has 350 valence electrons. The normalized spacial score (nSPS) is 43.0. The van der Waals surface area contributed by atoms with Crippen molar-refractivity contribution in [2.24, 2.45) is 88.8 Å². The van der Waals surface area contributed by atoms with Crippen molar-refractivity contribution in [2.45, 2.75) is 105 Å². The first kappa shape index (κ1) is 46.4. The smallest absolute Gasteiger partial charge is 0.330 e. The molecule has 0 bridgehead atoms. The van der Waals surface area contributed by atoms with Crippen LogP contribution in [0.15, 0.2) is 29.8 Å². The number of rotatable bonds is 11. The van der Waals surface area contributed by atoms with Gasteiger partial charge < -0.3 is 38.8 Å². The first-order valence-electron chi connectivity index (χ1n) is 24.6. The van der Waals surface area contributed by atoms with Crippen molar-refractivity contribution in [2.75, 3.05) is 67.5 Å². The Kier molecular flexibility index (Phi) is 13.7. The van der Waals surface area contributed by atoms with Gasteiger partial charge in [0.15, 0.2) is 11.5 Å². The third-order valence-corrected chi connectivity index (χ3v) is 18.4. The Morgan fingerprint density at radius 2 is 1.08 bits per heavy atom. The van der Waals surface area contributed by atoms with Gasteiger partial charge in [-0.15, -0.1) is 0 Å². The summed E-state index contributed by atoms with van der Waals surface area (Å²) in [5, 5.41) is 10.7. The number of hydrogen-bond acceptors (Lipinski definition) is 11. The van der Waals surface area contributed by atoms with E-state index in [0.29, 0.717) is 77.8 Å². The van der Waals surface area contributed by atoms with Crippen LogP contribution in [0.3, 0.4) is 0 Å². The number of benzene rings is 1. The van der Waals surface area contributed by atoms with Crippen LogP contribution in [0.2, 0.25) is 0 Å². The van der Waals surface area contributed by atoms with Gasteiger partial charge in [-0.05, 0) is 155 Å². The summed E-state index contributed by atoms with van der Waals surface area (Å²) in [7, 11) is 8.07. The standard InChI is InChI=1S/C52H79N3O8/c1-27(16-47(57)61-43-18-36-28(2)21-53(8)24-39(36)31(43)5)12-14-35-49(51(58)62-44-19-37-29(3)22-54(9)25-40(37)32(44)6)48(34-13-15-42(56)46(17-34)60-11)50(35)52(59)63-45-20-38-30(4)23-55(10)26-41(38)33(45)7/h13,15-17,28-33,35-41,43-45,48-50,56H,12,14,18-26H2,1-11H3. The van der Waals surface area contributed by atoms with Gasteiger partial charge in [0, 0.05) is 51.3 Å². The number of allylic oxidation sites excluding steroid dienone is 1. The molecule has 17 atom stereocenters. The highest BCUT2D eigenvalue weighted by atomic mass is 16.6. The van der Waals surface area contributed by atoms with Gasteiger partial charge in [0.05, 0.1) is 18.9 Å². The molecule has 63 heavy (non-hydrogen) atoms. The molecule has 0 aromatic heterocycles. The number of likely N-dealkylation sites (tertiary alicyclic amines) is 3. The summed E-state index contributed by atoms with van der Waals surface area (Å²) in [6.45, 7) is 21.8. The number of ether oxygens (including phenoxy) is 4. The average molecular weight is 874 g/mol. The molecule has 0 amide bonds. The maximum Gasteiger partial charge on any atom is 0.330 e. The summed E-state index contributed by atoms with van der Waals surface area (Å²) < 4.78 is 25.1. The predicted molar refractivity (Wildman–Crippen MR) is 243 cm³/mol. The van der Waals surface area contributed by atoms with E-state index in [1.165, 1.54) is 7.11 Å². The Labute approximate surface area is 378 Å². The fourth-order valence-electron chi connectivity index (χ4n) is 14.9. The average Bonchev–Trinajstić information content (AvgIpc) is 3.81. The molecule has 1 aromatic carbocycles. The molecule has 0 radical (unpaired) electrons. The van der Waals surface area contributed by atoms with Crippen molar-refractivity contribution < 1.29 is 38.4 Å². The summed E-state index contributed by atoms with van der Waals surface area (Å²) >= 11 is 0. The fraction of sp³-hybridized carbons (Fsp3) is 0.788. The van der Waals surface area contributed by atoms with E-state index in [9.17, 15) is 19.5 Å². The van der Waals surface area contributed by atoms with Crippen LogP contribution in [0, 0.1) is 88.8 Å². The summed E-state index contributed by atoms with van der Waals surface area (Å²) in [6.07, 6.45) is 4.77. The summed E-state index contributed by atoms with van der Waals surface area (Å²) in [5.74, 6) is 2.65. The van der Waals surface area contributed by atoms with Crippen LogP contribution in [0.5, 0.6) is 11.5 Å². The van der Waals surface area contributed by atoms with Gasteiger partial charge in [-0.25, -0.2) is 4.79 Å². The van der Waals surface area contributed by atoms with Crippen molar-refractivity contribution in [3.05, 3.63) is 35.4 Å². The number of esters is 3. The van der Waals surface area contributed by atoms with E-state index in [2.05, 4.69) is 77.4 Å². The van der Waals surface area contributed by atoms with Crippen molar-refractivity contribution in [3.8, 4) is 11.5 Å². The number of aromatic hydroxyl groups is 1. The van der Waals surface area contributed by atoms with Gasteiger partial charge in [-0.3, -0.25) is 9.59 Å². The lowest BCUT2D eigenvalue weighted by Gasteiger charge is -2.50. The van der Waals surface area contributed by atoms with Gasteiger partial charge in [0.1, 0.15) is 18.3 Å². The zero-order valence-corrected chi connectivity index (χ0v) is 40.2. The molecular weight excluding hydrogens is 795 g/mol. The zero-order chi connectivity index (χ0) is 45.2. The molecule has 3 aliphatic heterocycles. The third kappa shape index (κ3) is 9.07. The van der Waals surface area contributed by atoms with E-state index < -0.39 is 17.8 Å². The van der Waals surface area contributed by atoms with Crippen molar-refractivity contribution >= 4 is 17.9 Å². The Balaban J connectivity index is 1.05. The van der Waals surface area contributed by atoms with Gasteiger partial charge >= 0.3 is 17.9 Å². The summed E-state index contributed by atoms with van der Waals surface area (Å²) in [6, 6.07) is 5.17. The number of carbonyl (C=O) groups is 3. The van der Waals surface area contributed by atoms with Crippen molar-refractivity contribution in [1.82, 2.24) is 14.7 Å². The molecule has 3 heterocycles. The maximum atomic E-state index is 14.9. The molecule has 0 spiro atoms. The van der Waals surface area contributed by atoms with E-state index in [0.717, 1.165) is 69.7 Å². The number of fused-ring (bicyclic) bond motifs is 3. The number of phenolic OH excluding ortho intramolecular Hbond substituents is 1. The third-order valence-electron chi connectivity index (χ3n) is 18.4. The topological polar surface area (TPSA) is 118 Å². The highest BCUT2D eigenvalue weighted by Crippen LogP contribution is 2.58. The molecule has 7 aliphatic rings. The number of nitrogens with zero attached hydrogens (tertiary/aromatic N) is 3. The summed E-state index contributed by atoms with van der Waals surface area (Å²) in [5.41, 5.74) is 1.61. The molecule has 1 N–H and O–H groups in total. The number of phenols is 1. The van der Waals surface area contributed by atoms with E-state index in [-0.39, 0.29) is 59.7 Å². The Hall–Kier alpha value is -3.15. The van der Waals surface area contributed by atoms with Crippen LogP contribution in [0.1, 0.15) is 92.1 Å². The van der Waals surface area contributed by atoms with Crippen LogP contribution >= 0.6 is 0 Å². The van der Waals surface area contributed by atoms with E-state index in [4.69, 9.17) is 18.9 Å². The largest absolute Gasteiger partial charge is 0.504 e. The predicted octanol–water partition coefficient (Wildman–Crippen LogP) is 7.37. The lowest BCUT2D eigenvalue weighted by molar-refractivity contribution is -0.181. The number of methoxy groups -OCH3 is 1. The maximum absolute atomic E-state index is 14.9. The number of piperidine rings is 3. The zero-order valence-electron chi connectivity index (χ0n) is 40.2. The van der Waals surface area contributed by atoms with Crippen LogP contribution in [0.4, 0.5) is 0 Å². The second-order valence-electron chi connectivity index (χ2n) is 22.5. The van der Waals surface area contributed by atoms with Gasteiger partial charge in [0.2, 0.25) is 0 Å². The molecule has 7 fully saturated rings. The molecule has 4 saturated carbocycles. The first-order valence-corrected chi connectivity index (χ1v) is 24.6. The number of hydrogen-bond donors (Lipinski definition) is 1. The number of carbonyl (C=O) groups excluding carboxylic acids is 3. The summed E-state index contributed by atoms with van der Waals surface area (Å²) in [4.78, 5) is 50.6. The molecule has 1 aromatic rings. The monoisotopic (exact) mass is 874 g/mol. The molecule has 3 saturated heterocycles. The molecule has 4 aliphatic carbocycles. The van der Waals surface area contributed by atoms with Gasteiger partial charge in [0.25, 0.3) is 0 Å². The Bertz CT molecular complexity index is 1800. The van der Waals surface area contributed by atoms with E-state index >= 15 is 0 Å². The van der Waals surface area contributed by atoms with Crippen LogP contribution in [0.25, 0.3) is 0 Å². The second kappa shape index (κ2) is 18.6. The highest BCUT2D eigenvalue weighted by Gasteiger charge is 2.61. The lowest BCUT2D eigenvalue weighted by Crippen LogP contribution is -2.54. The molecule has 11 heteroatoms. The van der Waals surface area contributed by atoms with E-state index in [1.807, 2.05) is 13.0 Å². The first-order chi connectivity index (χ1) is 29.9. The minimum atomic E-state index is -0.619. The van der Waals surface area contributed by atoms with Gasteiger partial charge in [-0.1, -0.05) is 53.2 Å². The van der Waals surface area contributed by atoms with Crippen LogP contribution in [-0.4, -0.2) is 124 Å².